The van der Waals surface area contributed by atoms with Crippen LogP contribution in [0, 0.1) is 13.8 Å². The lowest BCUT2D eigenvalue weighted by Crippen LogP contribution is -2.35. The van der Waals surface area contributed by atoms with Crippen LogP contribution in [0.25, 0.3) is 10.2 Å². The normalized spacial score (nSPS) is 15.3. The van der Waals surface area contributed by atoms with Crippen LogP contribution < -0.4 is 4.90 Å². The van der Waals surface area contributed by atoms with Crippen molar-refractivity contribution in [3.63, 3.8) is 0 Å². The Balaban J connectivity index is 1.50. The van der Waals surface area contributed by atoms with Gasteiger partial charge in [0.15, 0.2) is 5.13 Å². The van der Waals surface area contributed by atoms with E-state index in [9.17, 15) is 4.79 Å². The van der Waals surface area contributed by atoms with E-state index in [0.29, 0.717) is 12.1 Å². The van der Waals surface area contributed by atoms with E-state index < -0.39 is 0 Å². The molecule has 1 saturated heterocycles. The second-order valence-corrected chi connectivity index (χ2v) is 7.81. The average molecular weight is 366 g/mol. The highest BCUT2D eigenvalue weighted by molar-refractivity contribution is 7.22. The number of rotatable bonds is 2. The summed E-state index contributed by atoms with van der Waals surface area (Å²) in [6.07, 6.45) is 4.38. The Kier molecular flexibility index (Phi) is 4.59. The van der Waals surface area contributed by atoms with E-state index in [4.69, 9.17) is 4.98 Å². The molecule has 4 rings (SSSR count). The van der Waals surface area contributed by atoms with Gasteiger partial charge in [-0.05, 0) is 43.5 Å². The predicted octanol–water partition coefficient (Wildman–Crippen LogP) is 3.66. The highest BCUT2D eigenvalue weighted by Gasteiger charge is 2.22. The van der Waals surface area contributed by atoms with Crippen molar-refractivity contribution in [2.75, 3.05) is 31.1 Å². The molecule has 1 amide bonds. The van der Waals surface area contributed by atoms with Gasteiger partial charge in [0.2, 0.25) is 0 Å². The summed E-state index contributed by atoms with van der Waals surface area (Å²) in [5.41, 5.74) is 3.99. The molecular formula is C20H22N4OS. The molecule has 134 valence electrons. The molecule has 1 fully saturated rings. The number of thiazole rings is 1. The Hall–Kier alpha value is -2.47. The molecule has 3 heterocycles. The Morgan fingerprint density at radius 3 is 2.81 bits per heavy atom. The molecule has 0 aliphatic carbocycles. The fraction of sp³-hybridized carbons (Fsp3) is 0.350. The number of pyridine rings is 1. The number of nitrogens with zero attached hydrogens (tertiary/aromatic N) is 4. The molecule has 0 spiro atoms. The molecular weight excluding hydrogens is 344 g/mol. The highest BCUT2D eigenvalue weighted by Crippen LogP contribution is 2.31. The first-order valence-corrected chi connectivity index (χ1v) is 9.75. The Morgan fingerprint density at radius 1 is 1.12 bits per heavy atom. The number of carbonyl (C=O) groups is 1. The molecule has 0 saturated carbocycles. The fourth-order valence-electron chi connectivity index (χ4n) is 3.38. The summed E-state index contributed by atoms with van der Waals surface area (Å²) in [5, 5.41) is 1.06. The zero-order valence-corrected chi connectivity index (χ0v) is 15.9. The van der Waals surface area contributed by atoms with Crippen LogP contribution in [0.2, 0.25) is 0 Å². The first-order chi connectivity index (χ1) is 12.6. The highest BCUT2D eigenvalue weighted by atomic mass is 32.1. The summed E-state index contributed by atoms with van der Waals surface area (Å²) >= 11 is 1.74. The minimum Gasteiger partial charge on any atom is -0.346 e. The van der Waals surface area contributed by atoms with Gasteiger partial charge in [-0.1, -0.05) is 23.5 Å². The van der Waals surface area contributed by atoms with Gasteiger partial charge in [-0.3, -0.25) is 9.78 Å². The molecule has 26 heavy (non-hydrogen) atoms. The molecule has 6 heteroatoms. The standard InChI is InChI=1S/C20H22N4OS/c1-14-11-16(13-21-12-14)19(25)23-7-4-8-24(10-9-23)20-22-18-15(2)5-3-6-17(18)26-20/h3,5-6,11-13H,4,7-10H2,1-2H3. The largest absolute Gasteiger partial charge is 0.346 e. The number of fused-ring (bicyclic) bond motifs is 1. The number of aryl methyl sites for hydroxylation is 2. The van der Waals surface area contributed by atoms with E-state index in [-0.39, 0.29) is 5.91 Å². The van der Waals surface area contributed by atoms with Gasteiger partial charge in [-0.2, -0.15) is 0 Å². The first kappa shape index (κ1) is 17.0. The molecule has 3 aromatic rings. The van der Waals surface area contributed by atoms with Gasteiger partial charge in [0.1, 0.15) is 0 Å². The SMILES string of the molecule is Cc1cncc(C(=O)N2CCCN(c3nc4c(C)cccc4s3)CC2)c1. The molecule has 5 nitrogen and oxygen atoms in total. The molecule has 2 aromatic heterocycles. The van der Waals surface area contributed by atoms with Gasteiger partial charge in [-0.25, -0.2) is 4.98 Å². The summed E-state index contributed by atoms with van der Waals surface area (Å²) in [5.74, 6) is 0.0724. The maximum absolute atomic E-state index is 12.8. The van der Waals surface area contributed by atoms with Crippen molar-refractivity contribution in [1.29, 1.82) is 0 Å². The number of benzene rings is 1. The smallest absolute Gasteiger partial charge is 0.255 e. The van der Waals surface area contributed by atoms with Crippen LogP contribution >= 0.6 is 11.3 Å². The third-order valence-electron chi connectivity index (χ3n) is 4.78. The van der Waals surface area contributed by atoms with E-state index in [1.165, 1.54) is 10.3 Å². The summed E-state index contributed by atoms with van der Waals surface area (Å²) in [4.78, 5) is 26.0. The van der Waals surface area contributed by atoms with E-state index >= 15 is 0 Å². The van der Waals surface area contributed by atoms with E-state index in [1.807, 2.05) is 17.9 Å². The monoisotopic (exact) mass is 366 g/mol. The molecule has 0 N–H and O–H groups in total. The first-order valence-electron chi connectivity index (χ1n) is 8.94. The van der Waals surface area contributed by atoms with Crippen LogP contribution in [0.15, 0.2) is 36.7 Å². The van der Waals surface area contributed by atoms with Crippen molar-refractivity contribution in [2.24, 2.45) is 0 Å². The Labute approximate surface area is 157 Å². The summed E-state index contributed by atoms with van der Waals surface area (Å²) in [6, 6.07) is 8.22. The number of carbonyl (C=O) groups excluding carboxylic acids is 1. The van der Waals surface area contributed by atoms with Gasteiger partial charge in [0, 0.05) is 38.6 Å². The third kappa shape index (κ3) is 3.29. The van der Waals surface area contributed by atoms with Crippen molar-refractivity contribution in [3.8, 4) is 0 Å². The number of hydrogen-bond donors (Lipinski definition) is 0. The maximum atomic E-state index is 12.8. The Morgan fingerprint density at radius 2 is 2.00 bits per heavy atom. The van der Waals surface area contributed by atoms with Crippen LogP contribution in [0.5, 0.6) is 0 Å². The zero-order chi connectivity index (χ0) is 18.1. The third-order valence-corrected chi connectivity index (χ3v) is 5.87. The summed E-state index contributed by atoms with van der Waals surface area (Å²) in [6.45, 7) is 7.28. The summed E-state index contributed by atoms with van der Waals surface area (Å²) < 4.78 is 1.23. The average Bonchev–Trinajstić information content (AvgIpc) is 2.93. The number of anilines is 1. The molecule has 0 bridgehead atoms. The summed E-state index contributed by atoms with van der Waals surface area (Å²) in [7, 11) is 0. The number of aromatic nitrogens is 2. The van der Waals surface area contributed by atoms with Gasteiger partial charge < -0.3 is 9.80 Å². The molecule has 0 atom stereocenters. The second-order valence-electron chi connectivity index (χ2n) is 6.80. The van der Waals surface area contributed by atoms with Gasteiger partial charge in [-0.15, -0.1) is 0 Å². The van der Waals surface area contributed by atoms with E-state index in [1.54, 1.807) is 23.7 Å². The van der Waals surface area contributed by atoms with Crippen LogP contribution in [-0.4, -0.2) is 47.0 Å². The quantitative estimate of drug-likeness (QED) is 0.694. The number of hydrogen-bond acceptors (Lipinski definition) is 5. The van der Waals surface area contributed by atoms with Crippen LogP contribution in [0.1, 0.15) is 27.9 Å². The van der Waals surface area contributed by atoms with Gasteiger partial charge >= 0.3 is 0 Å². The number of amides is 1. The number of para-hydroxylation sites is 1. The maximum Gasteiger partial charge on any atom is 0.255 e. The Bertz CT molecular complexity index is 952. The molecule has 1 aliphatic rings. The van der Waals surface area contributed by atoms with Crippen molar-refractivity contribution in [1.82, 2.24) is 14.9 Å². The lowest BCUT2D eigenvalue weighted by molar-refractivity contribution is 0.0766. The van der Waals surface area contributed by atoms with Crippen LogP contribution in [0.4, 0.5) is 5.13 Å². The molecule has 1 aliphatic heterocycles. The van der Waals surface area contributed by atoms with E-state index in [0.717, 1.165) is 42.3 Å². The van der Waals surface area contributed by atoms with Gasteiger partial charge in [0.05, 0.1) is 15.8 Å². The van der Waals surface area contributed by atoms with E-state index in [2.05, 4.69) is 35.0 Å². The van der Waals surface area contributed by atoms with Crippen molar-refractivity contribution in [2.45, 2.75) is 20.3 Å². The second kappa shape index (κ2) is 7.03. The lowest BCUT2D eigenvalue weighted by Gasteiger charge is -2.21. The van der Waals surface area contributed by atoms with Crippen LogP contribution in [-0.2, 0) is 0 Å². The van der Waals surface area contributed by atoms with Crippen molar-refractivity contribution in [3.05, 3.63) is 53.3 Å². The zero-order valence-electron chi connectivity index (χ0n) is 15.1. The molecule has 0 radical (unpaired) electrons. The van der Waals surface area contributed by atoms with Crippen molar-refractivity contribution >= 4 is 32.6 Å². The topological polar surface area (TPSA) is 49.3 Å². The fourth-order valence-corrected chi connectivity index (χ4v) is 4.47. The minimum absolute atomic E-state index is 0.0724. The minimum atomic E-state index is 0.0724. The predicted molar refractivity (Wildman–Crippen MR) is 106 cm³/mol. The van der Waals surface area contributed by atoms with Gasteiger partial charge in [0.25, 0.3) is 5.91 Å². The van der Waals surface area contributed by atoms with Crippen molar-refractivity contribution < 1.29 is 4.79 Å². The van der Waals surface area contributed by atoms with Crippen LogP contribution in [0.3, 0.4) is 0 Å². The lowest BCUT2D eigenvalue weighted by atomic mass is 10.2. The molecule has 0 unspecified atom stereocenters. The molecule has 1 aromatic carbocycles.